The molecule has 0 aliphatic rings. The highest BCUT2D eigenvalue weighted by molar-refractivity contribution is 5.79. The van der Waals surface area contributed by atoms with Gasteiger partial charge in [0, 0.05) is 44.9 Å². The van der Waals surface area contributed by atoms with Gasteiger partial charge in [0.25, 0.3) is 0 Å². The Labute approximate surface area is 156 Å². The minimum atomic E-state index is 0.633. The van der Waals surface area contributed by atoms with Crippen molar-refractivity contribution in [1.29, 1.82) is 0 Å². The third-order valence-corrected chi connectivity index (χ3v) is 4.26. The van der Waals surface area contributed by atoms with Gasteiger partial charge < -0.3 is 20.1 Å². The highest BCUT2D eigenvalue weighted by Gasteiger charge is 2.13. The third-order valence-electron chi connectivity index (χ3n) is 4.26. The van der Waals surface area contributed by atoms with Crippen LogP contribution >= 0.6 is 0 Å². The molecule has 0 atom stereocenters. The van der Waals surface area contributed by atoms with E-state index in [0.29, 0.717) is 13.1 Å². The Balaban J connectivity index is 2.03. The molecule has 0 spiro atoms. The minimum Gasteiger partial charge on any atom is -0.378 e. The van der Waals surface area contributed by atoms with Gasteiger partial charge in [-0.2, -0.15) is 0 Å². The SMILES string of the molecule is CCNC(=NCc1ccc(N(C)C)cc1)NCc1c(CC)noc1CC. The molecule has 6 nitrogen and oxygen atoms in total. The maximum Gasteiger partial charge on any atom is 0.191 e. The van der Waals surface area contributed by atoms with E-state index in [1.54, 1.807) is 0 Å². The van der Waals surface area contributed by atoms with Crippen molar-refractivity contribution in [2.24, 2.45) is 4.99 Å². The van der Waals surface area contributed by atoms with Crippen LogP contribution in [0.25, 0.3) is 0 Å². The number of benzene rings is 1. The molecule has 2 rings (SSSR count). The second-order valence-corrected chi connectivity index (χ2v) is 6.35. The van der Waals surface area contributed by atoms with Gasteiger partial charge in [0.15, 0.2) is 5.96 Å². The van der Waals surface area contributed by atoms with Crippen molar-refractivity contribution in [3.05, 3.63) is 46.8 Å². The van der Waals surface area contributed by atoms with E-state index in [2.05, 4.69) is 65.7 Å². The molecule has 0 unspecified atom stereocenters. The second kappa shape index (κ2) is 9.85. The second-order valence-electron chi connectivity index (χ2n) is 6.35. The largest absolute Gasteiger partial charge is 0.378 e. The summed E-state index contributed by atoms with van der Waals surface area (Å²) in [5.74, 6) is 1.75. The smallest absolute Gasteiger partial charge is 0.191 e. The molecular weight excluding hydrogens is 326 g/mol. The number of aliphatic imine (C=N–C) groups is 1. The lowest BCUT2D eigenvalue weighted by molar-refractivity contribution is 0.380. The lowest BCUT2D eigenvalue weighted by atomic mass is 10.1. The Morgan fingerprint density at radius 2 is 1.81 bits per heavy atom. The molecule has 0 bridgehead atoms. The normalized spacial score (nSPS) is 11.5. The number of nitrogens with one attached hydrogen (secondary N) is 2. The fourth-order valence-electron chi connectivity index (χ4n) is 2.72. The van der Waals surface area contributed by atoms with Crippen LogP contribution in [0, 0.1) is 0 Å². The van der Waals surface area contributed by atoms with Crippen molar-refractivity contribution < 1.29 is 4.52 Å². The van der Waals surface area contributed by atoms with Gasteiger partial charge in [-0.1, -0.05) is 31.1 Å². The molecule has 0 saturated heterocycles. The molecule has 0 fully saturated rings. The lowest BCUT2D eigenvalue weighted by Crippen LogP contribution is -2.37. The van der Waals surface area contributed by atoms with Crippen LogP contribution in [0.15, 0.2) is 33.8 Å². The summed E-state index contributed by atoms with van der Waals surface area (Å²) in [6.45, 7) is 8.36. The van der Waals surface area contributed by atoms with E-state index in [4.69, 9.17) is 9.52 Å². The van der Waals surface area contributed by atoms with E-state index < -0.39 is 0 Å². The minimum absolute atomic E-state index is 0.633. The number of rotatable bonds is 8. The molecule has 1 aromatic carbocycles. The average molecular weight is 358 g/mol. The first kappa shape index (κ1) is 19.8. The van der Waals surface area contributed by atoms with Crippen LogP contribution in [0.5, 0.6) is 0 Å². The van der Waals surface area contributed by atoms with E-state index in [1.165, 1.54) is 11.3 Å². The Bertz CT molecular complexity index is 682. The summed E-state index contributed by atoms with van der Waals surface area (Å²) in [5.41, 5.74) is 4.54. The molecule has 142 valence electrons. The molecule has 1 aromatic heterocycles. The number of anilines is 1. The van der Waals surface area contributed by atoms with Crippen molar-refractivity contribution >= 4 is 11.6 Å². The van der Waals surface area contributed by atoms with Gasteiger partial charge in [0.2, 0.25) is 0 Å². The maximum absolute atomic E-state index is 5.43. The summed E-state index contributed by atoms with van der Waals surface area (Å²) < 4.78 is 5.43. The third kappa shape index (κ3) is 5.25. The summed E-state index contributed by atoms with van der Waals surface area (Å²) in [5, 5.41) is 10.9. The quantitative estimate of drug-likeness (QED) is 0.561. The Hall–Kier alpha value is -2.50. The predicted octanol–water partition coefficient (Wildman–Crippen LogP) is 3.12. The molecule has 2 N–H and O–H groups in total. The average Bonchev–Trinajstić information content (AvgIpc) is 3.06. The Kier molecular flexibility index (Phi) is 7.51. The first-order valence-corrected chi connectivity index (χ1v) is 9.33. The first-order valence-electron chi connectivity index (χ1n) is 9.33. The van der Waals surface area contributed by atoms with Crippen LogP contribution in [0.3, 0.4) is 0 Å². The summed E-state index contributed by atoms with van der Waals surface area (Å²) in [6.07, 6.45) is 1.71. The highest BCUT2D eigenvalue weighted by Crippen LogP contribution is 2.15. The van der Waals surface area contributed by atoms with Crippen LogP contribution in [0.1, 0.15) is 43.4 Å². The van der Waals surface area contributed by atoms with Gasteiger partial charge in [0.05, 0.1) is 12.2 Å². The van der Waals surface area contributed by atoms with Crippen molar-refractivity contribution in [2.75, 3.05) is 25.5 Å². The van der Waals surface area contributed by atoms with Crippen LogP contribution < -0.4 is 15.5 Å². The number of aryl methyl sites for hydroxylation is 2. The zero-order valence-corrected chi connectivity index (χ0v) is 16.6. The maximum atomic E-state index is 5.43. The van der Waals surface area contributed by atoms with Crippen molar-refractivity contribution in [3.8, 4) is 0 Å². The number of hydrogen-bond acceptors (Lipinski definition) is 4. The van der Waals surface area contributed by atoms with Gasteiger partial charge in [-0.15, -0.1) is 0 Å². The summed E-state index contributed by atoms with van der Waals surface area (Å²) >= 11 is 0. The van der Waals surface area contributed by atoms with Crippen LogP contribution in [0.4, 0.5) is 5.69 Å². The molecule has 0 aliphatic carbocycles. The van der Waals surface area contributed by atoms with Crippen LogP contribution in [0.2, 0.25) is 0 Å². The topological polar surface area (TPSA) is 65.7 Å². The Morgan fingerprint density at radius 1 is 1.08 bits per heavy atom. The standard InChI is InChI=1S/C20H31N5O/c1-6-18-17(19(7-2)26-24-18)14-23-20(21-8-3)22-13-15-9-11-16(12-10-15)25(4)5/h9-12H,6-8,13-14H2,1-5H3,(H2,21,22,23). The monoisotopic (exact) mass is 357 g/mol. The van der Waals surface area contributed by atoms with Crippen LogP contribution in [-0.4, -0.2) is 31.8 Å². The van der Waals surface area contributed by atoms with Crippen molar-refractivity contribution in [2.45, 2.75) is 46.7 Å². The fourth-order valence-corrected chi connectivity index (χ4v) is 2.72. The molecule has 0 aliphatic heterocycles. The van der Waals surface area contributed by atoms with Gasteiger partial charge in [-0.05, 0) is 31.0 Å². The molecule has 0 saturated carbocycles. The van der Waals surface area contributed by atoms with Gasteiger partial charge in [-0.3, -0.25) is 0 Å². The fraction of sp³-hybridized carbons (Fsp3) is 0.500. The van der Waals surface area contributed by atoms with Crippen LogP contribution in [-0.2, 0) is 25.9 Å². The van der Waals surface area contributed by atoms with E-state index in [9.17, 15) is 0 Å². The Morgan fingerprint density at radius 3 is 2.38 bits per heavy atom. The molecule has 0 amide bonds. The van der Waals surface area contributed by atoms with Crippen molar-refractivity contribution in [3.63, 3.8) is 0 Å². The predicted molar refractivity (Wildman–Crippen MR) is 108 cm³/mol. The highest BCUT2D eigenvalue weighted by atomic mass is 16.5. The molecule has 1 heterocycles. The molecule has 0 radical (unpaired) electrons. The number of hydrogen-bond donors (Lipinski definition) is 2. The first-order chi connectivity index (χ1) is 12.6. The van der Waals surface area contributed by atoms with Gasteiger partial charge >= 0.3 is 0 Å². The zero-order valence-electron chi connectivity index (χ0n) is 16.6. The summed E-state index contributed by atoms with van der Waals surface area (Å²) in [7, 11) is 4.08. The summed E-state index contributed by atoms with van der Waals surface area (Å²) in [4.78, 5) is 6.79. The number of aromatic nitrogens is 1. The molecule has 2 aromatic rings. The molecule has 6 heteroatoms. The van der Waals surface area contributed by atoms with E-state index in [0.717, 1.165) is 42.4 Å². The zero-order chi connectivity index (χ0) is 18.9. The molecular formula is C20H31N5O. The summed E-state index contributed by atoms with van der Waals surface area (Å²) in [6, 6.07) is 8.46. The number of nitrogens with zero attached hydrogens (tertiary/aromatic N) is 3. The van der Waals surface area contributed by atoms with E-state index in [1.807, 2.05) is 14.1 Å². The molecule has 26 heavy (non-hydrogen) atoms. The lowest BCUT2D eigenvalue weighted by Gasteiger charge is -2.13. The van der Waals surface area contributed by atoms with Gasteiger partial charge in [-0.25, -0.2) is 4.99 Å². The van der Waals surface area contributed by atoms with E-state index >= 15 is 0 Å². The van der Waals surface area contributed by atoms with E-state index in [-0.39, 0.29) is 0 Å². The van der Waals surface area contributed by atoms with Gasteiger partial charge in [0.1, 0.15) is 5.76 Å². The van der Waals surface area contributed by atoms with Crippen molar-refractivity contribution in [1.82, 2.24) is 15.8 Å². The number of guanidine groups is 1.